The van der Waals surface area contributed by atoms with Crippen molar-refractivity contribution in [1.29, 1.82) is 0 Å². The topological polar surface area (TPSA) is 61.7 Å². The van der Waals surface area contributed by atoms with Crippen molar-refractivity contribution in [3.05, 3.63) is 24.2 Å². The van der Waals surface area contributed by atoms with Gasteiger partial charge in [0.2, 0.25) is 0 Å². The molecule has 0 bridgehead atoms. The van der Waals surface area contributed by atoms with Gasteiger partial charge >= 0.3 is 0 Å². The maximum absolute atomic E-state index is 5.58. The number of nitrogen functional groups attached to an aromatic ring is 1. The van der Waals surface area contributed by atoms with E-state index in [-0.39, 0.29) is 0 Å². The predicted molar refractivity (Wildman–Crippen MR) is 65.3 cm³/mol. The van der Waals surface area contributed by atoms with Gasteiger partial charge in [-0.1, -0.05) is 0 Å². The lowest BCUT2D eigenvalue weighted by Gasteiger charge is -2.01. The molecule has 0 spiro atoms. The van der Waals surface area contributed by atoms with Crippen molar-refractivity contribution in [2.24, 2.45) is 7.05 Å². The van der Waals surface area contributed by atoms with Crippen LogP contribution < -0.4 is 5.73 Å². The first-order valence-corrected chi connectivity index (χ1v) is 6.05. The highest BCUT2D eigenvalue weighted by molar-refractivity contribution is 7.99. The van der Waals surface area contributed by atoms with E-state index in [1.807, 2.05) is 29.5 Å². The molecule has 0 amide bonds. The molecule has 0 atom stereocenters. The molecule has 2 aromatic heterocycles. The highest BCUT2D eigenvalue weighted by Gasteiger charge is 2.02. The van der Waals surface area contributed by atoms with Crippen LogP contribution in [0.15, 0.2) is 23.5 Å². The fraction of sp³-hybridized carbons (Fsp3) is 0.400. The van der Waals surface area contributed by atoms with E-state index in [0.717, 1.165) is 18.0 Å². The van der Waals surface area contributed by atoms with Crippen LogP contribution in [0.1, 0.15) is 5.69 Å². The Hall–Kier alpha value is -1.43. The summed E-state index contributed by atoms with van der Waals surface area (Å²) in [5, 5.41) is 9.60. The smallest absolute Gasteiger partial charge is 0.0939 e. The van der Waals surface area contributed by atoms with Crippen molar-refractivity contribution >= 4 is 17.4 Å². The summed E-state index contributed by atoms with van der Waals surface area (Å²) in [5.74, 6) is 0.958. The molecule has 5 nitrogen and oxygen atoms in total. The molecule has 2 aromatic rings. The number of hydrogen-bond donors (Lipinski definition) is 1. The number of anilines is 1. The molecular formula is C10H15N5S. The number of nitrogens with zero attached hydrogens (tertiary/aromatic N) is 4. The van der Waals surface area contributed by atoms with E-state index < -0.39 is 0 Å². The summed E-state index contributed by atoms with van der Waals surface area (Å²) in [7, 11) is 1.96. The van der Waals surface area contributed by atoms with Crippen molar-refractivity contribution in [3.8, 4) is 0 Å². The first-order valence-electron chi connectivity index (χ1n) is 5.06. The first-order chi connectivity index (χ1) is 7.65. The lowest BCUT2D eigenvalue weighted by atomic mass is 10.5. The Morgan fingerprint density at radius 2 is 2.31 bits per heavy atom. The molecular weight excluding hydrogens is 222 g/mol. The molecule has 2 heterocycles. The Morgan fingerprint density at radius 3 is 2.88 bits per heavy atom. The highest BCUT2D eigenvalue weighted by Crippen LogP contribution is 2.18. The quantitative estimate of drug-likeness (QED) is 0.814. The predicted octanol–water partition coefficient (Wildman–Crippen LogP) is 1.30. The summed E-state index contributed by atoms with van der Waals surface area (Å²) in [6.07, 6.45) is 3.51. The molecule has 0 aliphatic rings. The Labute approximate surface area is 98.6 Å². The van der Waals surface area contributed by atoms with Crippen molar-refractivity contribution in [1.82, 2.24) is 19.6 Å². The summed E-state index contributed by atoms with van der Waals surface area (Å²) in [6.45, 7) is 2.85. The van der Waals surface area contributed by atoms with Gasteiger partial charge in [0, 0.05) is 19.0 Å². The Morgan fingerprint density at radius 1 is 1.50 bits per heavy atom. The maximum Gasteiger partial charge on any atom is 0.0939 e. The van der Waals surface area contributed by atoms with Gasteiger partial charge in [-0.05, 0) is 13.0 Å². The summed E-state index contributed by atoms with van der Waals surface area (Å²) < 4.78 is 3.75. The molecule has 16 heavy (non-hydrogen) atoms. The van der Waals surface area contributed by atoms with Gasteiger partial charge in [-0.2, -0.15) is 10.2 Å². The first kappa shape index (κ1) is 11.1. The number of thioether (sulfide) groups is 1. The lowest BCUT2D eigenvalue weighted by molar-refractivity contribution is 0.662. The molecule has 86 valence electrons. The van der Waals surface area contributed by atoms with Crippen LogP contribution >= 0.6 is 11.8 Å². The van der Waals surface area contributed by atoms with Crippen LogP contribution in [0.2, 0.25) is 0 Å². The third-order valence-corrected chi connectivity index (χ3v) is 3.25. The normalized spacial score (nSPS) is 10.9. The molecule has 0 fully saturated rings. The van der Waals surface area contributed by atoms with Gasteiger partial charge in [0.15, 0.2) is 0 Å². The second kappa shape index (κ2) is 4.61. The highest BCUT2D eigenvalue weighted by atomic mass is 32.2. The van der Waals surface area contributed by atoms with Crippen molar-refractivity contribution < 1.29 is 0 Å². The number of rotatable bonds is 4. The van der Waals surface area contributed by atoms with E-state index in [9.17, 15) is 0 Å². The molecule has 6 heteroatoms. The van der Waals surface area contributed by atoms with Crippen molar-refractivity contribution in [2.75, 3.05) is 11.5 Å². The van der Waals surface area contributed by atoms with Gasteiger partial charge in [-0.25, -0.2) is 0 Å². The fourth-order valence-electron chi connectivity index (χ4n) is 1.47. The minimum absolute atomic E-state index is 0.710. The summed E-state index contributed by atoms with van der Waals surface area (Å²) in [5.41, 5.74) is 7.34. The maximum atomic E-state index is 5.58. The van der Waals surface area contributed by atoms with Gasteiger partial charge in [-0.3, -0.25) is 9.36 Å². The monoisotopic (exact) mass is 237 g/mol. The number of aryl methyl sites for hydroxylation is 3. The van der Waals surface area contributed by atoms with E-state index >= 15 is 0 Å². The van der Waals surface area contributed by atoms with E-state index in [0.29, 0.717) is 5.69 Å². The van der Waals surface area contributed by atoms with Crippen molar-refractivity contribution in [3.63, 3.8) is 0 Å². The summed E-state index contributed by atoms with van der Waals surface area (Å²) in [6, 6.07) is 2.09. The third kappa shape index (κ3) is 2.57. The lowest BCUT2D eigenvalue weighted by Crippen LogP contribution is -2.01. The van der Waals surface area contributed by atoms with Gasteiger partial charge in [-0.15, -0.1) is 11.8 Å². The molecule has 0 aromatic carbocycles. The average molecular weight is 237 g/mol. The van der Waals surface area contributed by atoms with Gasteiger partial charge in [0.25, 0.3) is 0 Å². The zero-order chi connectivity index (χ0) is 11.5. The van der Waals surface area contributed by atoms with Crippen LogP contribution in [0.5, 0.6) is 0 Å². The van der Waals surface area contributed by atoms with Crippen LogP contribution in [0.3, 0.4) is 0 Å². The summed E-state index contributed by atoms with van der Waals surface area (Å²) in [4.78, 5) is 0. The fourth-order valence-corrected chi connectivity index (χ4v) is 2.44. The zero-order valence-corrected chi connectivity index (χ0v) is 10.2. The van der Waals surface area contributed by atoms with Crippen LogP contribution in [-0.4, -0.2) is 25.3 Å². The number of nitrogens with two attached hydrogens (primary N) is 1. The number of hydrogen-bond acceptors (Lipinski definition) is 4. The minimum Gasteiger partial charge on any atom is -0.396 e. The molecule has 0 unspecified atom stereocenters. The van der Waals surface area contributed by atoms with Gasteiger partial charge < -0.3 is 5.73 Å². The second-order valence-electron chi connectivity index (χ2n) is 3.63. The SMILES string of the molecule is Cc1cc(SCCn2cc(N)cn2)n(C)n1. The Balaban J connectivity index is 1.86. The average Bonchev–Trinajstić information content (AvgIpc) is 2.74. The second-order valence-corrected chi connectivity index (χ2v) is 4.75. The molecule has 0 saturated heterocycles. The number of aromatic nitrogens is 4. The van der Waals surface area contributed by atoms with E-state index in [1.54, 1.807) is 18.0 Å². The minimum atomic E-state index is 0.710. The summed E-state index contributed by atoms with van der Waals surface area (Å²) >= 11 is 1.77. The molecule has 0 radical (unpaired) electrons. The Bertz CT molecular complexity index is 473. The molecule has 0 saturated carbocycles. The molecule has 2 N–H and O–H groups in total. The van der Waals surface area contributed by atoms with Crippen LogP contribution in [-0.2, 0) is 13.6 Å². The van der Waals surface area contributed by atoms with Gasteiger partial charge in [0.1, 0.15) is 0 Å². The standard InChI is InChI=1S/C10H15N5S/c1-8-5-10(14(2)13-8)16-4-3-15-7-9(11)6-12-15/h5-7H,3-4,11H2,1-2H3. The van der Waals surface area contributed by atoms with E-state index in [4.69, 9.17) is 5.73 Å². The van der Waals surface area contributed by atoms with Crippen LogP contribution in [0.4, 0.5) is 5.69 Å². The van der Waals surface area contributed by atoms with Gasteiger partial charge in [0.05, 0.1) is 29.1 Å². The molecule has 0 aliphatic heterocycles. The zero-order valence-electron chi connectivity index (χ0n) is 9.42. The van der Waals surface area contributed by atoms with Crippen molar-refractivity contribution in [2.45, 2.75) is 18.5 Å². The van der Waals surface area contributed by atoms with E-state index in [2.05, 4.69) is 16.3 Å². The third-order valence-electron chi connectivity index (χ3n) is 2.18. The molecule has 0 aliphatic carbocycles. The largest absolute Gasteiger partial charge is 0.396 e. The molecule has 2 rings (SSSR count). The van der Waals surface area contributed by atoms with E-state index in [1.165, 1.54) is 5.03 Å². The van der Waals surface area contributed by atoms with Crippen LogP contribution in [0.25, 0.3) is 0 Å². The van der Waals surface area contributed by atoms with Crippen LogP contribution in [0, 0.1) is 6.92 Å². The Kier molecular flexibility index (Phi) is 3.19.